The van der Waals surface area contributed by atoms with Crippen LogP contribution in [-0.2, 0) is 6.42 Å². The number of nitrogens with one attached hydrogen (secondary N) is 2. The maximum Gasteiger partial charge on any atom is 0.319 e. The Morgan fingerprint density at radius 1 is 1.26 bits per heavy atom. The highest BCUT2D eigenvalue weighted by molar-refractivity contribution is 5.89. The Balaban J connectivity index is 2.58. The number of aliphatic hydroxyl groups excluding tert-OH is 1. The highest BCUT2D eigenvalue weighted by Gasteiger charge is 2.23. The summed E-state index contributed by atoms with van der Waals surface area (Å²) in [5.74, 6) is 0. The Labute approximate surface area is 115 Å². The van der Waals surface area contributed by atoms with Gasteiger partial charge in [0.1, 0.15) is 0 Å². The molecule has 4 nitrogen and oxygen atoms in total. The lowest BCUT2D eigenvalue weighted by molar-refractivity contribution is 0.208. The lowest BCUT2D eigenvalue weighted by Crippen LogP contribution is -2.48. The highest BCUT2D eigenvalue weighted by atomic mass is 16.3. The Morgan fingerprint density at radius 2 is 1.89 bits per heavy atom. The Bertz CT molecular complexity index is 403. The van der Waals surface area contributed by atoms with Gasteiger partial charge in [0.15, 0.2) is 0 Å². The summed E-state index contributed by atoms with van der Waals surface area (Å²) in [5.41, 5.74) is 1.64. The minimum Gasteiger partial charge on any atom is -0.396 e. The summed E-state index contributed by atoms with van der Waals surface area (Å²) < 4.78 is 0. The summed E-state index contributed by atoms with van der Waals surface area (Å²) in [4.78, 5) is 11.9. The first-order chi connectivity index (χ1) is 9.03. The second-order valence-corrected chi connectivity index (χ2v) is 5.02. The first kappa shape index (κ1) is 15.5. The van der Waals surface area contributed by atoms with E-state index in [1.165, 1.54) is 5.56 Å². The van der Waals surface area contributed by atoms with Crippen LogP contribution < -0.4 is 10.6 Å². The summed E-state index contributed by atoms with van der Waals surface area (Å²) in [6, 6.07) is 7.56. The van der Waals surface area contributed by atoms with Crippen molar-refractivity contribution in [1.29, 1.82) is 0 Å². The number of carbonyl (C=O) groups is 1. The fourth-order valence-electron chi connectivity index (χ4n) is 1.83. The predicted octanol–water partition coefficient (Wildman–Crippen LogP) is 2.92. The summed E-state index contributed by atoms with van der Waals surface area (Å²) in [6.45, 7) is 6.08. The van der Waals surface area contributed by atoms with E-state index in [-0.39, 0.29) is 18.2 Å². The molecular formula is C15H24N2O2. The Kier molecular flexibility index (Phi) is 5.83. The van der Waals surface area contributed by atoms with Crippen molar-refractivity contribution in [3.63, 3.8) is 0 Å². The number of rotatable bonds is 6. The minimum absolute atomic E-state index is 0.0653. The van der Waals surface area contributed by atoms with Crippen LogP contribution in [0.25, 0.3) is 0 Å². The van der Waals surface area contributed by atoms with Crippen LogP contribution in [0.4, 0.5) is 10.5 Å². The molecule has 0 radical (unpaired) electrons. The molecule has 2 amide bonds. The number of aryl methyl sites for hydroxylation is 1. The fraction of sp³-hybridized carbons (Fsp3) is 0.533. The molecule has 1 aromatic carbocycles. The molecule has 0 saturated heterocycles. The molecule has 0 spiro atoms. The van der Waals surface area contributed by atoms with Gasteiger partial charge in [0.05, 0.1) is 0 Å². The van der Waals surface area contributed by atoms with Gasteiger partial charge < -0.3 is 15.7 Å². The number of hydrogen-bond acceptors (Lipinski definition) is 2. The molecule has 0 aliphatic carbocycles. The smallest absolute Gasteiger partial charge is 0.319 e. The number of carbonyl (C=O) groups excluding carboxylic acids is 1. The molecule has 3 N–H and O–H groups in total. The third kappa shape index (κ3) is 4.91. The molecule has 4 heteroatoms. The number of benzene rings is 1. The van der Waals surface area contributed by atoms with E-state index in [4.69, 9.17) is 5.11 Å². The van der Waals surface area contributed by atoms with Crippen molar-refractivity contribution in [2.24, 2.45) is 0 Å². The number of amides is 2. The van der Waals surface area contributed by atoms with Crippen molar-refractivity contribution in [3.8, 4) is 0 Å². The second-order valence-electron chi connectivity index (χ2n) is 5.02. The van der Waals surface area contributed by atoms with Crippen LogP contribution in [0, 0.1) is 0 Å². The number of aliphatic hydroxyl groups is 1. The first-order valence-corrected chi connectivity index (χ1v) is 6.82. The quantitative estimate of drug-likeness (QED) is 0.740. The molecule has 0 aromatic heterocycles. The lowest BCUT2D eigenvalue weighted by Gasteiger charge is -2.29. The van der Waals surface area contributed by atoms with E-state index in [0.29, 0.717) is 6.42 Å². The van der Waals surface area contributed by atoms with Crippen molar-refractivity contribution < 1.29 is 9.90 Å². The maximum atomic E-state index is 11.9. The van der Waals surface area contributed by atoms with E-state index < -0.39 is 0 Å². The first-order valence-electron chi connectivity index (χ1n) is 6.82. The molecule has 0 bridgehead atoms. The van der Waals surface area contributed by atoms with Crippen molar-refractivity contribution in [2.75, 3.05) is 11.9 Å². The third-order valence-electron chi connectivity index (χ3n) is 3.48. The van der Waals surface area contributed by atoms with Gasteiger partial charge in [-0.15, -0.1) is 0 Å². The van der Waals surface area contributed by atoms with Gasteiger partial charge in [-0.25, -0.2) is 4.79 Å². The van der Waals surface area contributed by atoms with Crippen LogP contribution >= 0.6 is 0 Å². The molecule has 0 fully saturated rings. The van der Waals surface area contributed by atoms with E-state index in [0.717, 1.165) is 18.5 Å². The van der Waals surface area contributed by atoms with Crippen molar-refractivity contribution >= 4 is 11.7 Å². The zero-order valence-electron chi connectivity index (χ0n) is 12.0. The van der Waals surface area contributed by atoms with E-state index in [2.05, 4.69) is 17.6 Å². The molecule has 0 aliphatic rings. The molecule has 1 atom stereocenters. The largest absolute Gasteiger partial charge is 0.396 e. The van der Waals surface area contributed by atoms with E-state index in [9.17, 15) is 4.79 Å². The normalized spacial score (nSPS) is 13.7. The SMILES string of the molecule is CCc1ccc(NC(=O)NC(C)(CC)CCO)cc1. The van der Waals surface area contributed by atoms with Crippen LogP contribution in [0.3, 0.4) is 0 Å². The van der Waals surface area contributed by atoms with E-state index in [1.807, 2.05) is 38.1 Å². The average Bonchev–Trinajstić information content (AvgIpc) is 2.39. The van der Waals surface area contributed by atoms with Crippen LogP contribution in [-0.4, -0.2) is 23.3 Å². The number of anilines is 1. The minimum atomic E-state index is -0.373. The Hall–Kier alpha value is -1.55. The number of urea groups is 1. The second kappa shape index (κ2) is 7.14. The van der Waals surface area contributed by atoms with Gasteiger partial charge in [0.25, 0.3) is 0 Å². The van der Waals surface area contributed by atoms with Gasteiger partial charge in [-0.05, 0) is 43.9 Å². The summed E-state index contributed by atoms with van der Waals surface area (Å²) in [5, 5.41) is 14.7. The van der Waals surface area contributed by atoms with Crippen molar-refractivity contribution in [1.82, 2.24) is 5.32 Å². The van der Waals surface area contributed by atoms with Crippen LogP contribution in [0.5, 0.6) is 0 Å². The zero-order valence-corrected chi connectivity index (χ0v) is 12.0. The molecule has 1 rings (SSSR count). The monoisotopic (exact) mass is 264 g/mol. The highest BCUT2D eigenvalue weighted by Crippen LogP contribution is 2.15. The van der Waals surface area contributed by atoms with E-state index in [1.54, 1.807) is 0 Å². The molecular weight excluding hydrogens is 240 g/mol. The molecule has 1 aromatic rings. The van der Waals surface area contributed by atoms with Gasteiger partial charge in [0.2, 0.25) is 0 Å². The van der Waals surface area contributed by atoms with Gasteiger partial charge in [-0.1, -0.05) is 26.0 Å². The zero-order chi connectivity index (χ0) is 14.3. The molecule has 106 valence electrons. The van der Waals surface area contributed by atoms with Crippen LogP contribution in [0.1, 0.15) is 39.2 Å². The topological polar surface area (TPSA) is 61.4 Å². The van der Waals surface area contributed by atoms with Gasteiger partial charge in [-0.2, -0.15) is 0 Å². The molecule has 0 aliphatic heterocycles. The van der Waals surface area contributed by atoms with Gasteiger partial charge >= 0.3 is 6.03 Å². The standard InChI is InChI=1S/C15H24N2O2/c1-4-12-6-8-13(9-7-12)16-14(19)17-15(3,5-2)10-11-18/h6-9,18H,4-5,10-11H2,1-3H3,(H2,16,17,19). The van der Waals surface area contributed by atoms with Crippen molar-refractivity contribution in [2.45, 2.75) is 45.6 Å². The van der Waals surface area contributed by atoms with Crippen LogP contribution in [0.15, 0.2) is 24.3 Å². The van der Waals surface area contributed by atoms with Gasteiger partial charge in [0, 0.05) is 17.8 Å². The third-order valence-corrected chi connectivity index (χ3v) is 3.48. The fourth-order valence-corrected chi connectivity index (χ4v) is 1.83. The summed E-state index contributed by atoms with van der Waals surface area (Å²) in [7, 11) is 0. The average molecular weight is 264 g/mol. The summed E-state index contributed by atoms with van der Waals surface area (Å²) >= 11 is 0. The summed E-state index contributed by atoms with van der Waals surface area (Å²) in [6.07, 6.45) is 2.30. The van der Waals surface area contributed by atoms with Gasteiger partial charge in [-0.3, -0.25) is 0 Å². The molecule has 0 saturated carbocycles. The van der Waals surface area contributed by atoms with Crippen LogP contribution in [0.2, 0.25) is 0 Å². The van der Waals surface area contributed by atoms with E-state index >= 15 is 0 Å². The van der Waals surface area contributed by atoms with Crippen molar-refractivity contribution in [3.05, 3.63) is 29.8 Å². The predicted molar refractivity (Wildman–Crippen MR) is 78.4 cm³/mol. The molecule has 0 heterocycles. The lowest BCUT2D eigenvalue weighted by atomic mass is 9.95. The molecule has 19 heavy (non-hydrogen) atoms. The molecule has 1 unspecified atom stereocenters. The number of hydrogen-bond donors (Lipinski definition) is 3. The Morgan fingerprint density at radius 3 is 2.37 bits per heavy atom. The maximum absolute atomic E-state index is 11.9.